The highest BCUT2D eigenvalue weighted by atomic mass is 19.1. The fraction of sp³-hybridized carbons (Fsp3) is 0.133. The molecule has 0 bridgehead atoms. The highest BCUT2D eigenvalue weighted by Gasteiger charge is 2.13. The molecule has 0 aromatic heterocycles. The maximum absolute atomic E-state index is 13.9. The zero-order valence-corrected chi connectivity index (χ0v) is 11.5. The maximum atomic E-state index is 13.9. The molecule has 0 aliphatic rings. The summed E-state index contributed by atoms with van der Waals surface area (Å²) in [6, 6.07) is 9.02. The molecule has 0 amide bonds. The number of nitrogens with zero attached hydrogens (tertiary/aromatic N) is 1. The minimum atomic E-state index is -0.625. The molecule has 0 fully saturated rings. The van der Waals surface area contributed by atoms with Crippen molar-refractivity contribution in [2.45, 2.75) is 0 Å². The van der Waals surface area contributed by atoms with Crippen molar-refractivity contribution in [2.75, 3.05) is 20.0 Å². The van der Waals surface area contributed by atoms with Crippen molar-refractivity contribution in [1.29, 1.82) is 5.26 Å². The first-order chi connectivity index (χ1) is 10.1. The van der Waals surface area contributed by atoms with Crippen molar-refractivity contribution in [3.63, 3.8) is 0 Å². The van der Waals surface area contributed by atoms with Crippen LogP contribution < -0.4 is 19.9 Å². The monoisotopic (exact) mass is 288 g/mol. The lowest BCUT2D eigenvalue weighted by Crippen LogP contribution is -1.97. The number of nitrogen functional groups attached to an aromatic ring is 1. The number of rotatable bonds is 4. The van der Waals surface area contributed by atoms with Crippen molar-refractivity contribution in [1.82, 2.24) is 0 Å². The van der Waals surface area contributed by atoms with E-state index in [1.54, 1.807) is 6.07 Å². The molecule has 108 valence electrons. The minimum Gasteiger partial charge on any atom is -0.494 e. The second-order valence-corrected chi connectivity index (χ2v) is 4.10. The van der Waals surface area contributed by atoms with E-state index in [2.05, 4.69) is 0 Å². The van der Waals surface area contributed by atoms with E-state index in [-0.39, 0.29) is 17.2 Å². The zero-order chi connectivity index (χ0) is 15.4. The van der Waals surface area contributed by atoms with Gasteiger partial charge in [0, 0.05) is 18.2 Å². The Hall–Kier alpha value is -2.94. The Balaban J connectivity index is 2.41. The van der Waals surface area contributed by atoms with E-state index in [0.29, 0.717) is 17.1 Å². The van der Waals surface area contributed by atoms with Crippen molar-refractivity contribution in [3.05, 3.63) is 41.7 Å². The Labute approximate surface area is 121 Å². The second kappa shape index (κ2) is 6.01. The third kappa shape index (κ3) is 2.98. The van der Waals surface area contributed by atoms with Gasteiger partial charge in [-0.2, -0.15) is 5.26 Å². The normalized spacial score (nSPS) is 9.81. The average molecular weight is 288 g/mol. The molecule has 0 aliphatic carbocycles. The van der Waals surface area contributed by atoms with Gasteiger partial charge in [0.15, 0.2) is 23.1 Å². The van der Waals surface area contributed by atoms with Crippen LogP contribution in [-0.2, 0) is 0 Å². The van der Waals surface area contributed by atoms with Gasteiger partial charge in [-0.25, -0.2) is 4.39 Å². The maximum Gasteiger partial charge on any atom is 0.169 e. The molecule has 0 spiro atoms. The van der Waals surface area contributed by atoms with Crippen molar-refractivity contribution in [3.8, 4) is 29.1 Å². The smallest absolute Gasteiger partial charge is 0.169 e. The number of methoxy groups -OCH3 is 2. The number of hydrogen-bond acceptors (Lipinski definition) is 5. The Morgan fingerprint density at radius 3 is 2.33 bits per heavy atom. The lowest BCUT2D eigenvalue weighted by atomic mass is 10.2. The average Bonchev–Trinajstić information content (AvgIpc) is 2.50. The van der Waals surface area contributed by atoms with Gasteiger partial charge in [0.1, 0.15) is 5.75 Å². The van der Waals surface area contributed by atoms with Gasteiger partial charge in [-0.15, -0.1) is 0 Å². The lowest BCUT2D eigenvalue weighted by Gasteiger charge is -2.13. The van der Waals surface area contributed by atoms with Gasteiger partial charge in [0.2, 0.25) is 0 Å². The molecule has 0 unspecified atom stereocenters. The van der Waals surface area contributed by atoms with Crippen LogP contribution in [0.1, 0.15) is 5.56 Å². The number of hydrogen-bond donors (Lipinski definition) is 1. The van der Waals surface area contributed by atoms with Gasteiger partial charge in [0.05, 0.1) is 31.5 Å². The predicted molar refractivity (Wildman–Crippen MR) is 75.1 cm³/mol. The first-order valence-electron chi connectivity index (χ1n) is 5.98. The molecule has 2 aromatic rings. The summed E-state index contributed by atoms with van der Waals surface area (Å²) < 4.78 is 29.5. The molecule has 21 heavy (non-hydrogen) atoms. The van der Waals surface area contributed by atoms with Gasteiger partial charge in [-0.3, -0.25) is 0 Å². The first kappa shape index (κ1) is 14.5. The number of anilines is 1. The number of benzene rings is 2. The summed E-state index contributed by atoms with van der Waals surface area (Å²) in [5, 5.41) is 8.84. The van der Waals surface area contributed by atoms with E-state index >= 15 is 0 Å². The summed E-state index contributed by atoms with van der Waals surface area (Å²) in [6.07, 6.45) is 0. The molecular weight excluding hydrogens is 275 g/mol. The molecule has 0 saturated heterocycles. The summed E-state index contributed by atoms with van der Waals surface area (Å²) in [4.78, 5) is 0. The Morgan fingerprint density at radius 2 is 1.71 bits per heavy atom. The van der Waals surface area contributed by atoms with Crippen LogP contribution in [0.25, 0.3) is 0 Å². The van der Waals surface area contributed by atoms with Gasteiger partial charge in [-0.05, 0) is 12.1 Å². The quantitative estimate of drug-likeness (QED) is 0.875. The zero-order valence-electron chi connectivity index (χ0n) is 11.5. The predicted octanol–water partition coefficient (Wildman–Crippen LogP) is 3.09. The molecule has 2 rings (SSSR count). The number of ether oxygens (including phenoxy) is 3. The number of nitrogens with two attached hydrogens (primary N) is 1. The summed E-state index contributed by atoms with van der Waals surface area (Å²) >= 11 is 0. The third-order valence-electron chi connectivity index (χ3n) is 2.80. The minimum absolute atomic E-state index is 0.0518. The van der Waals surface area contributed by atoms with E-state index in [9.17, 15) is 4.39 Å². The first-order valence-corrected chi connectivity index (χ1v) is 5.98. The Morgan fingerprint density at radius 1 is 1.00 bits per heavy atom. The summed E-state index contributed by atoms with van der Waals surface area (Å²) in [5.41, 5.74) is 6.19. The van der Waals surface area contributed by atoms with Crippen LogP contribution in [0.4, 0.5) is 10.1 Å². The van der Waals surface area contributed by atoms with Gasteiger partial charge < -0.3 is 19.9 Å². The lowest BCUT2D eigenvalue weighted by molar-refractivity contribution is 0.367. The van der Waals surface area contributed by atoms with Gasteiger partial charge in [-0.1, -0.05) is 0 Å². The van der Waals surface area contributed by atoms with Crippen molar-refractivity contribution >= 4 is 5.69 Å². The molecule has 2 N–H and O–H groups in total. The fourth-order valence-electron chi connectivity index (χ4n) is 1.75. The van der Waals surface area contributed by atoms with Crippen LogP contribution in [0.3, 0.4) is 0 Å². The molecule has 0 saturated carbocycles. The molecule has 0 radical (unpaired) electrons. The largest absolute Gasteiger partial charge is 0.494 e. The van der Waals surface area contributed by atoms with E-state index in [1.807, 2.05) is 6.07 Å². The molecule has 0 heterocycles. The highest BCUT2D eigenvalue weighted by molar-refractivity contribution is 5.57. The fourth-order valence-corrected chi connectivity index (χ4v) is 1.75. The topological polar surface area (TPSA) is 77.5 Å². The third-order valence-corrected chi connectivity index (χ3v) is 2.80. The molecule has 0 atom stereocenters. The van der Waals surface area contributed by atoms with E-state index in [0.717, 1.165) is 6.07 Å². The van der Waals surface area contributed by atoms with Crippen LogP contribution in [0.2, 0.25) is 0 Å². The molecule has 6 heteroatoms. The van der Waals surface area contributed by atoms with Crippen molar-refractivity contribution in [2.24, 2.45) is 0 Å². The number of halogens is 1. The van der Waals surface area contributed by atoms with Gasteiger partial charge >= 0.3 is 0 Å². The van der Waals surface area contributed by atoms with Crippen LogP contribution in [0, 0.1) is 17.1 Å². The van der Waals surface area contributed by atoms with Crippen LogP contribution >= 0.6 is 0 Å². The summed E-state index contributed by atoms with van der Waals surface area (Å²) in [6.45, 7) is 0. The summed E-state index contributed by atoms with van der Waals surface area (Å²) in [7, 11) is 2.86. The molecule has 0 aliphatic heterocycles. The van der Waals surface area contributed by atoms with Crippen LogP contribution in [0.5, 0.6) is 23.0 Å². The van der Waals surface area contributed by atoms with E-state index in [1.165, 1.54) is 32.4 Å². The standard InChI is InChI=1S/C15H13FN2O3/c1-19-14-7-13(10(16)6-11(14)18)21-12-4-3-9(8-17)5-15(12)20-2/h3-7H,18H2,1-2H3. The number of nitriles is 1. The highest BCUT2D eigenvalue weighted by Crippen LogP contribution is 2.36. The second-order valence-electron chi connectivity index (χ2n) is 4.10. The van der Waals surface area contributed by atoms with E-state index in [4.69, 9.17) is 25.2 Å². The molecule has 2 aromatic carbocycles. The van der Waals surface area contributed by atoms with Crippen molar-refractivity contribution < 1.29 is 18.6 Å². The van der Waals surface area contributed by atoms with Crippen LogP contribution in [0.15, 0.2) is 30.3 Å². The summed E-state index contributed by atoms with van der Waals surface area (Å²) in [5.74, 6) is 0.231. The van der Waals surface area contributed by atoms with E-state index < -0.39 is 5.82 Å². The SMILES string of the molecule is COc1cc(Oc2ccc(C#N)cc2OC)c(F)cc1N. The molecular formula is C15H13FN2O3. The van der Waals surface area contributed by atoms with Gasteiger partial charge in [0.25, 0.3) is 0 Å². The molecule has 5 nitrogen and oxygen atoms in total. The Kier molecular flexibility index (Phi) is 4.14. The Bertz CT molecular complexity index is 711. The van der Waals surface area contributed by atoms with Crippen LogP contribution in [-0.4, -0.2) is 14.2 Å².